The predicted octanol–water partition coefficient (Wildman–Crippen LogP) is 3.69. The van der Waals surface area contributed by atoms with E-state index in [9.17, 15) is 10.0 Å². The van der Waals surface area contributed by atoms with Gasteiger partial charge in [-0.25, -0.2) is 4.79 Å². The van der Waals surface area contributed by atoms with Crippen LogP contribution >= 0.6 is 22.9 Å². The van der Waals surface area contributed by atoms with Crippen LogP contribution in [-0.4, -0.2) is 24.3 Å². The molecule has 0 N–H and O–H groups in total. The molecule has 2 aromatic rings. The topological polar surface area (TPSA) is 49.4 Å². The van der Waals surface area contributed by atoms with Gasteiger partial charge in [0, 0.05) is 22.4 Å². The molecule has 1 aliphatic heterocycles. The highest BCUT2D eigenvalue weighted by molar-refractivity contribution is 7.10. The number of halogens is 1. The zero-order valence-electron chi connectivity index (χ0n) is 12.1. The maximum absolute atomic E-state index is 13.4. The smallest absolute Gasteiger partial charge is 0.370 e. The number of nitrogens with zero attached hydrogens (tertiary/aromatic N) is 1. The van der Waals surface area contributed by atoms with Gasteiger partial charge in [-0.1, -0.05) is 29.8 Å². The zero-order chi connectivity index (χ0) is 15.7. The second-order valence-electron chi connectivity index (χ2n) is 5.40. The Morgan fingerprint density at radius 3 is 2.91 bits per heavy atom. The zero-order valence-corrected chi connectivity index (χ0v) is 13.7. The third-order valence-corrected chi connectivity index (χ3v) is 5.46. The van der Waals surface area contributed by atoms with Gasteiger partial charge in [0.2, 0.25) is 6.04 Å². The number of ether oxygens (including phenoxy) is 1. The first-order valence-corrected chi connectivity index (χ1v) is 8.26. The maximum Gasteiger partial charge on any atom is 0.370 e. The fraction of sp³-hybridized carbons (Fsp3) is 0.312. The highest BCUT2D eigenvalue weighted by Crippen LogP contribution is 2.39. The summed E-state index contributed by atoms with van der Waals surface area (Å²) in [6, 6.07) is 7.99. The van der Waals surface area contributed by atoms with E-state index < -0.39 is 16.7 Å². The van der Waals surface area contributed by atoms with Gasteiger partial charge in [0.05, 0.1) is 18.7 Å². The van der Waals surface area contributed by atoms with Gasteiger partial charge in [0.15, 0.2) is 0 Å². The molecule has 0 saturated carbocycles. The van der Waals surface area contributed by atoms with E-state index in [4.69, 9.17) is 16.3 Å². The quantitative estimate of drug-likeness (QED) is 0.487. The predicted molar refractivity (Wildman–Crippen MR) is 86.4 cm³/mol. The van der Waals surface area contributed by atoms with Gasteiger partial charge in [-0.2, -0.15) is 0 Å². The van der Waals surface area contributed by atoms with E-state index in [0.717, 1.165) is 5.56 Å². The molecule has 116 valence electrons. The number of hydroxylamine groups is 3. The number of hydrogen-bond acceptors (Lipinski definition) is 4. The van der Waals surface area contributed by atoms with E-state index in [2.05, 4.69) is 0 Å². The summed E-state index contributed by atoms with van der Waals surface area (Å²) >= 11 is 7.89. The van der Waals surface area contributed by atoms with E-state index in [-0.39, 0.29) is 6.54 Å². The standard InChI is InChI=1S/C16H16ClNO3S/c1-21-16(19)15(12-4-2-3-5-13(12)17)18(20)8-6-14-11(10-18)7-9-22-14/h2-5,7,9,15H,6,8,10H2,1H3/t15-,18?/m1/s1. The van der Waals surface area contributed by atoms with Crippen LogP contribution < -0.4 is 0 Å². The van der Waals surface area contributed by atoms with E-state index in [1.165, 1.54) is 12.0 Å². The minimum atomic E-state index is -0.952. The summed E-state index contributed by atoms with van der Waals surface area (Å²) in [7, 11) is 1.30. The number of benzene rings is 1. The van der Waals surface area contributed by atoms with Crippen molar-refractivity contribution in [2.45, 2.75) is 19.0 Å². The molecule has 1 aromatic heterocycles. The first kappa shape index (κ1) is 15.5. The second kappa shape index (κ2) is 6.01. The molecular formula is C16H16ClNO3S. The number of rotatable bonds is 3. The molecule has 0 spiro atoms. The summed E-state index contributed by atoms with van der Waals surface area (Å²) in [6.07, 6.45) is 0.675. The number of carbonyl (C=O) groups is 1. The molecule has 1 unspecified atom stereocenters. The Morgan fingerprint density at radius 1 is 1.41 bits per heavy atom. The lowest BCUT2D eigenvalue weighted by molar-refractivity contribution is -0.917. The Morgan fingerprint density at radius 2 is 2.18 bits per heavy atom. The summed E-state index contributed by atoms with van der Waals surface area (Å²) in [4.78, 5) is 13.6. The van der Waals surface area contributed by atoms with Crippen molar-refractivity contribution in [1.82, 2.24) is 0 Å². The minimum absolute atomic E-state index is 0.268. The molecule has 2 heterocycles. The Hall–Kier alpha value is -1.40. The number of thiophene rings is 1. The number of carbonyl (C=O) groups excluding carboxylic acids is 1. The fourth-order valence-electron chi connectivity index (χ4n) is 2.99. The van der Waals surface area contributed by atoms with Crippen LogP contribution in [0.15, 0.2) is 35.7 Å². The average molecular weight is 338 g/mol. The van der Waals surface area contributed by atoms with Crippen LogP contribution in [0.2, 0.25) is 5.02 Å². The van der Waals surface area contributed by atoms with Crippen LogP contribution in [0.4, 0.5) is 0 Å². The number of fused-ring (bicyclic) bond motifs is 1. The van der Waals surface area contributed by atoms with Crippen LogP contribution in [0.3, 0.4) is 0 Å². The van der Waals surface area contributed by atoms with Crippen molar-refractivity contribution in [2.75, 3.05) is 13.7 Å². The number of methoxy groups -OCH3 is 1. The highest BCUT2D eigenvalue weighted by Gasteiger charge is 2.41. The van der Waals surface area contributed by atoms with Gasteiger partial charge in [0.1, 0.15) is 6.54 Å². The number of hydrogen-bond donors (Lipinski definition) is 0. The summed E-state index contributed by atoms with van der Waals surface area (Å²) in [5.41, 5.74) is 1.55. The molecule has 2 atom stereocenters. The lowest BCUT2D eigenvalue weighted by atomic mass is 10.00. The van der Waals surface area contributed by atoms with Crippen molar-refractivity contribution >= 4 is 28.9 Å². The van der Waals surface area contributed by atoms with Gasteiger partial charge in [-0.15, -0.1) is 11.3 Å². The lowest BCUT2D eigenvalue weighted by Gasteiger charge is -2.49. The average Bonchev–Trinajstić information content (AvgIpc) is 2.96. The molecule has 6 heteroatoms. The Balaban J connectivity index is 2.04. The minimum Gasteiger partial charge on any atom is -0.632 e. The van der Waals surface area contributed by atoms with Crippen LogP contribution in [-0.2, 0) is 22.5 Å². The summed E-state index contributed by atoms with van der Waals surface area (Å²) in [5.74, 6) is -0.540. The van der Waals surface area contributed by atoms with Crippen molar-refractivity contribution in [1.29, 1.82) is 0 Å². The van der Waals surface area contributed by atoms with Gasteiger partial charge >= 0.3 is 5.97 Å². The van der Waals surface area contributed by atoms with E-state index in [1.807, 2.05) is 11.4 Å². The molecule has 1 aromatic carbocycles. The third-order valence-electron chi connectivity index (χ3n) is 4.09. The van der Waals surface area contributed by atoms with E-state index >= 15 is 0 Å². The Kier molecular flexibility index (Phi) is 4.23. The molecule has 22 heavy (non-hydrogen) atoms. The van der Waals surface area contributed by atoms with Gasteiger partial charge in [-0.3, -0.25) is 0 Å². The van der Waals surface area contributed by atoms with Gasteiger partial charge in [-0.05, 0) is 17.5 Å². The van der Waals surface area contributed by atoms with Gasteiger partial charge < -0.3 is 14.6 Å². The largest absolute Gasteiger partial charge is 0.632 e. The molecule has 3 rings (SSSR count). The monoisotopic (exact) mass is 337 g/mol. The van der Waals surface area contributed by atoms with E-state index in [1.54, 1.807) is 35.6 Å². The molecule has 4 nitrogen and oxygen atoms in total. The second-order valence-corrected chi connectivity index (χ2v) is 6.81. The summed E-state index contributed by atoms with van der Waals surface area (Å²) in [6.45, 7) is 0.613. The SMILES string of the molecule is COC(=O)[C@@H](c1ccccc1Cl)[N+]1([O-])CCc2sccc2C1. The molecule has 0 fully saturated rings. The van der Waals surface area contributed by atoms with Crippen LogP contribution in [0.25, 0.3) is 0 Å². The van der Waals surface area contributed by atoms with E-state index in [0.29, 0.717) is 23.6 Å². The fourth-order valence-corrected chi connectivity index (χ4v) is 4.12. The highest BCUT2D eigenvalue weighted by atomic mass is 35.5. The van der Waals surface area contributed by atoms with Crippen LogP contribution in [0.1, 0.15) is 22.0 Å². The first-order chi connectivity index (χ1) is 10.5. The molecule has 0 radical (unpaired) electrons. The van der Waals surface area contributed by atoms with Crippen LogP contribution in [0, 0.1) is 5.21 Å². The van der Waals surface area contributed by atoms with Crippen molar-refractivity contribution in [3.8, 4) is 0 Å². The first-order valence-electron chi connectivity index (χ1n) is 7.00. The van der Waals surface area contributed by atoms with Crippen molar-refractivity contribution in [2.24, 2.45) is 0 Å². The molecule has 0 saturated heterocycles. The number of esters is 1. The molecule has 0 aliphatic carbocycles. The Labute approximate surface area is 138 Å². The van der Waals surface area contributed by atoms with Crippen molar-refractivity contribution < 1.29 is 14.2 Å². The number of quaternary nitrogens is 1. The Bertz CT molecular complexity index is 702. The molecule has 1 aliphatic rings. The van der Waals surface area contributed by atoms with Crippen LogP contribution in [0.5, 0.6) is 0 Å². The van der Waals surface area contributed by atoms with Gasteiger partial charge in [0.25, 0.3) is 0 Å². The summed E-state index contributed by atoms with van der Waals surface area (Å²) < 4.78 is 4.25. The lowest BCUT2D eigenvalue weighted by Crippen LogP contribution is -2.51. The van der Waals surface area contributed by atoms with Crippen molar-refractivity contribution in [3.63, 3.8) is 0 Å². The molecule has 0 bridgehead atoms. The molecule has 0 amide bonds. The maximum atomic E-state index is 13.4. The summed E-state index contributed by atoms with van der Waals surface area (Å²) in [5, 5.41) is 15.8. The normalized spacial score (nSPS) is 22.0. The molecular weight excluding hydrogens is 322 g/mol. The van der Waals surface area contributed by atoms with Crippen molar-refractivity contribution in [3.05, 3.63) is 61.9 Å². The third kappa shape index (κ3) is 2.65.